The van der Waals surface area contributed by atoms with Gasteiger partial charge in [-0.3, -0.25) is 24.5 Å². The first-order valence-electron chi connectivity index (χ1n) is 18.3. The molecule has 2 aromatic carbocycles. The SMILES string of the molecule is Cc1ncsc1-c1ccc(CNC(=O)[C@@H]2C[C@@H](O)CN2C(=O)C(NC(=O)CCOCCOCCOCCn2ccc3c([N+](=O)[O-])cccc32)C(C)(C)C)cc1. The van der Waals surface area contributed by atoms with E-state index in [1.165, 1.54) is 11.0 Å². The first kappa shape index (κ1) is 41.4. The van der Waals surface area contributed by atoms with E-state index in [4.69, 9.17) is 14.2 Å². The number of aromatic nitrogens is 2. The van der Waals surface area contributed by atoms with Crippen LogP contribution in [0.4, 0.5) is 5.69 Å². The molecule has 3 atom stereocenters. The number of β-amino-alcohol motifs (C(OH)–C–C–N with tert-alkyl or cyclic N) is 1. The topological polar surface area (TPSA) is 187 Å². The van der Waals surface area contributed by atoms with Crippen molar-refractivity contribution in [1.82, 2.24) is 25.1 Å². The van der Waals surface area contributed by atoms with Gasteiger partial charge in [0.25, 0.3) is 5.69 Å². The van der Waals surface area contributed by atoms with Gasteiger partial charge in [0.15, 0.2) is 0 Å². The van der Waals surface area contributed by atoms with Crippen LogP contribution in [-0.2, 0) is 41.7 Å². The molecule has 55 heavy (non-hydrogen) atoms. The van der Waals surface area contributed by atoms with Gasteiger partial charge in [-0.2, -0.15) is 0 Å². The zero-order chi connectivity index (χ0) is 39.5. The Hall–Kier alpha value is -4.74. The van der Waals surface area contributed by atoms with E-state index in [2.05, 4.69) is 15.6 Å². The zero-order valence-corrected chi connectivity index (χ0v) is 32.5. The minimum Gasteiger partial charge on any atom is -0.391 e. The number of rotatable bonds is 19. The molecule has 1 fully saturated rings. The molecule has 16 heteroatoms. The molecule has 1 aliphatic heterocycles. The molecule has 4 aromatic rings. The molecular formula is C39H50N6O9S. The second kappa shape index (κ2) is 19.2. The van der Waals surface area contributed by atoms with Crippen molar-refractivity contribution in [2.45, 2.75) is 71.8 Å². The van der Waals surface area contributed by atoms with Crippen LogP contribution < -0.4 is 10.6 Å². The molecule has 2 aromatic heterocycles. The second-order valence-electron chi connectivity index (χ2n) is 14.5. The highest BCUT2D eigenvalue weighted by Crippen LogP contribution is 2.29. The number of amides is 3. The summed E-state index contributed by atoms with van der Waals surface area (Å²) < 4.78 is 18.7. The summed E-state index contributed by atoms with van der Waals surface area (Å²) in [5.74, 6) is -1.16. The minimum atomic E-state index is -0.929. The number of thiazole rings is 1. The second-order valence-corrected chi connectivity index (χ2v) is 15.4. The number of ether oxygens (including phenoxy) is 3. The average molecular weight is 779 g/mol. The number of benzene rings is 2. The maximum absolute atomic E-state index is 13.9. The molecule has 15 nitrogen and oxygen atoms in total. The molecule has 5 rings (SSSR count). The third kappa shape index (κ3) is 11.2. The number of aliphatic hydroxyl groups excluding tert-OH is 1. The Kier molecular flexibility index (Phi) is 14.5. The monoisotopic (exact) mass is 778 g/mol. The molecule has 3 N–H and O–H groups in total. The molecule has 296 valence electrons. The number of carbonyl (C=O) groups is 3. The van der Waals surface area contributed by atoms with Crippen LogP contribution in [-0.4, -0.2) is 107 Å². The van der Waals surface area contributed by atoms with Crippen LogP contribution in [0.5, 0.6) is 0 Å². The number of carbonyl (C=O) groups excluding carboxylic acids is 3. The van der Waals surface area contributed by atoms with E-state index in [0.717, 1.165) is 27.2 Å². The highest BCUT2D eigenvalue weighted by atomic mass is 32.1. The Balaban J connectivity index is 0.984. The third-order valence-corrected chi connectivity index (χ3v) is 10.4. The summed E-state index contributed by atoms with van der Waals surface area (Å²) >= 11 is 1.57. The predicted octanol–water partition coefficient (Wildman–Crippen LogP) is 4.23. The highest BCUT2D eigenvalue weighted by Gasteiger charge is 2.44. The van der Waals surface area contributed by atoms with E-state index < -0.39 is 29.5 Å². The van der Waals surface area contributed by atoms with E-state index in [0.29, 0.717) is 38.4 Å². The van der Waals surface area contributed by atoms with Gasteiger partial charge in [0.1, 0.15) is 12.1 Å². The number of hydrogen-bond acceptors (Lipinski definition) is 11. The molecular weight excluding hydrogens is 729 g/mol. The first-order chi connectivity index (χ1) is 26.3. The number of likely N-dealkylation sites (tertiary alicyclic amines) is 1. The number of nitrogens with zero attached hydrogens (tertiary/aromatic N) is 4. The quantitative estimate of drug-likeness (QED) is 0.0707. The molecule has 0 bridgehead atoms. The smallest absolute Gasteiger partial charge is 0.278 e. The summed E-state index contributed by atoms with van der Waals surface area (Å²) in [6.45, 7) is 10.1. The molecule has 1 aliphatic rings. The third-order valence-electron chi connectivity index (χ3n) is 9.39. The predicted molar refractivity (Wildman–Crippen MR) is 207 cm³/mol. The van der Waals surface area contributed by atoms with E-state index in [9.17, 15) is 29.6 Å². The lowest BCUT2D eigenvalue weighted by molar-refractivity contribution is -0.383. The normalized spacial score (nSPS) is 16.3. The number of hydrogen-bond donors (Lipinski definition) is 3. The fraction of sp³-hybridized carbons (Fsp3) is 0.487. The van der Waals surface area contributed by atoms with Crippen LogP contribution in [0.2, 0.25) is 0 Å². The number of non-ortho nitro benzene ring substituents is 1. The molecule has 0 aliphatic carbocycles. The van der Waals surface area contributed by atoms with Gasteiger partial charge in [0.05, 0.1) is 77.7 Å². The van der Waals surface area contributed by atoms with E-state index in [1.54, 1.807) is 29.7 Å². The largest absolute Gasteiger partial charge is 0.391 e. The average Bonchev–Trinajstić information content (AvgIpc) is 3.89. The van der Waals surface area contributed by atoms with Crippen LogP contribution in [0.15, 0.2) is 60.2 Å². The Morgan fingerprint density at radius 2 is 1.71 bits per heavy atom. The van der Waals surface area contributed by atoms with Crippen molar-refractivity contribution in [1.29, 1.82) is 0 Å². The number of nitro groups is 1. The van der Waals surface area contributed by atoms with E-state index in [-0.39, 0.29) is 61.6 Å². The fourth-order valence-electron chi connectivity index (χ4n) is 6.44. The van der Waals surface area contributed by atoms with Gasteiger partial charge < -0.3 is 39.4 Å². The van der Waals surface area contributed by atoms with Crippen molar-refractivity contribution in [2.24, 2.45) is 5.41 Å². The maximum Gasteiger partial charge on any atom is 0.278 e. The van der Waals surface area contributed by atoms with Gasteiger partial charge in [-0.05, 0) is 35.6 Å². The first-order valence-corrected chi connectivity index (χ1v) is 19.2. The Morgan fingerprint density at radius 1 is 1.02 bits per heavy atom. The summed E-state index contributed by atoms with van der Waals surface area (Å²) in [6.07, 6.45) is 1.07. The number of nitrogens with one attached hydrogen (secondary N) is 2. The molecule has 1 unspecified atom stereocenters. The Bertz CT molecular complexity index is 1920. The van der Waals surface area contributed by atoms with Gasteiger partial charge in [-0.25, -0.2) is 4.98 Å². The van der Waals surface area contributed by atoms with Crippen LogP contribution in [0, 0.1) is 22.5 Å². The lowest BCUT2D eigenvalue weighted by Crippen LogP contribution is -2.57. The molecule has 0 saturated carbocycles. The lowest BCUT2D eigenvalue weighted by Gasteiger charge is -2.35. The van der Waals surface area contributed by atoms with Gasteiger partial charge in [-0.15, -0.1) is 11.3 Å². The van der Waals surface area contributed by atoms with Crippen molar-refractivity contribution in [3.8, 4) is 10.4 Å². The van der Waals surface area contributed by atoms with Crippen LogP contribution in [0.3, 0.4) is 0 Å². The highest BCUT2D eigenvalue weighted by molar-refractivity contribution is 7.13. The summed E-state index contributed by atoms with van der Waals surface area (Å²) in [4.78, 5) is 57.8. The van der Waals surface area contributed by atoms with Gasteiger partial charge in [0.2, 0.25) is 17.7 Å². The fourth-order valence-corrected chi connectivity index (χ4v) is 7.26. The van der Waals surface area contributed by atoms with Gasteiger partial charge >= 0.3 is 0 Å². The molecule has 3 amide bonds. The zero-order valence-electron chi connectivity index (χ0n) is 31.7. The van der Waals surface area contributed by atoms with Crippen molar-refractivity contribution in [3.63, 3.8) is 0 Å². The van der Waals surface area contributed by atoms with Crippen molar-refractivity contribution < 1.29 is 38.6 Å². The number of aryl methyl sites for hydroxylation is 1. The van der Waals surface area contributed by atoms with Gasteiger partial charge in [-0.1, -0.05) is 51.1 Å². The van der Waals surface area contributed by atoms with E-state index >= 15 is 0 Å². The van der Waals surface area contributed by atoms with Crippen LogP contribution in [0.1, 0.15) is 44.9 Å². The number of aliphatic hydroxyl groups is 1. The van der Waals surface area contributed by atoms with Crippen LogP contribution in [0.25, 0.3) is 21.3 Å². The van der Waals surface area contributed by atoms with Crippen molar-refractivity contribution >= 4 is 45.6 Å². The standard InChI is InChI=1S/C39H50N6O9S/c1-26-35(55-25-41-26)28-10-8-27(9-11-28)23-40-37(48)33-22-29(46)24-44(33)38(49)36(39(2,3)4)42-34(47)13-16-52-18-20-54-21-19-53-17-15-43-14-12-30-31(43)6-5-7-32(30)45(50)51/h5-12,14,25,29,33,36,46H,13,15-24H2,1-4H3,(H,40,48)(H,42,47)/t29-,33+,36?/m1/s1. The minimum absolute atomic E-state index is 0.00645. The van der Waals surface area contributed by atoms with Crippen molar-refractivity contribution in [2.75, 3.05) is 46.2 Å². The molecule has 1 saturated heterocycles. The number of nitro benzene ring substituents is 1. The molecule has 0 spiro atoms. The summed E-state index contributed by atoms with van der Waals surface area (Å²) in [5, 5.41) is 28.1. The maximum atomic E-state index is 13.9. The van der Waals surface area contributed by atoms with Gasteiger partial charge in [0, 0.05) is 44.7 Å². The number of fused-ring (bicyclic) bond motifs is 1. The summed E-state index contributed by atoms with van der Waals surface area (Å²) in [5.41, 5.74) is 4.89. The van der Waals surface area contributed by atoms with E-state index in [1.807, 2.05) is 68.1 Å². The molecule has 3 heterocycles. The Morgan fingerprint density at radius 3 is 2.36 bits per heavy atom. The summed E-state index contributed by atoms with van der Waals surface area (Å²) in [7, 11) is 0. The van der Waals surface area contributed by atoms with Crippen LogP contribution >= 0.6 is 11.3 Å². The Labute approximate surface area is 324 Å². The van der Waals surface area contributed by atoms with Crippen molar-refractivity contribution in [3.05, 3.63) is 81.6 Å². The molecule has 0 radical (unpaired) electrons. The summed E-state index contributed by atoms with van der Waals surface area (Å²) in [6, 6.07) is 12.8. The lowest BCUT2D eigenvalue weighted by atomic mass is 9.85.